The summed E-state index contributed by atoms with van der Waals surface area (Å²) in [7, 11) is 1.60. The Morgan fingerprint density at radius 3 is 2.60 bits per heavy atom. The van der Waals surface area contributed by atoms with Gasteiger partial charge in [-0.3, -0.25) is 0 Å². The number of thioether (sulfide) groups is 1. The van der Waals surface area contributed by atoms with Gasteiger partial charge in [0.1, 0.15) is 0 Å². The van der Waals surface area contributed by atoms with Crippen LogP contribution in [0.3, 0.4) is 0 Å². The molecule has 0 spiro atoms. The van der Waals surface area contributed by atoms with Crippen molar-refractivity contribution in [3.63, 3.8) is 0 Å². The highest BCUT2D eigenvalue weighted by Crippen LogP contribution is 2.48. The van der Waals surface area contributed by atoms with Crippen molar-refractivity contribution >= 4 is 23.4 Å². The van der Waals surface area contributed by atoms with E-state index in [9.17, 15) is 5.11 Å². The second-order valence-corrected chi connectivity index (χ2v) is 4.98. The summed E-state index contributed by atoms with van der Waals surface area (Å²) in [4.78, 5) is 0.973. The summed E-state index contributed by atoms with van der Waals surface area (Å²) in [5.74, 6) is 0.692. The van der Waals surface area contributed by atoms with Crippen LogP contribution in [0.25, 0.3) is 0 Å². The van der Waals surface area contributed by atoms with E-state index in [4.69, 9.17) is 16.3 Å². The Hall–Kier alpha value is -0.380. The SMILES string of the molecule is COc1c(Cl)cc(C2(O)CC2)cc1SC. The summed E-state index contributed by atoms with van der Waals surface area (Å²) < 4.78 is 5.22. The van der Waals surface area contributed by atoms with Crippen LogP contribution in [0, 0.1) is 0 Å². The van der Waals surface area contributed by atoms with E-state index in [2.05, 4.69) is 0 Å². The van der Waals surface area contributed by atoms with Gasteiger partial charge in [0.05, 0.1) is 22.6 Å². The minimum absolute atomic E-state index is 0.569. The van der Waals surface area contributed by atoms with Crippen molar-refractivity contribution < 1.29 is 9.84 Å². The number of methoxy groups -OCH3 is 1. The van der Waals surface area contributed by atoms with Crippen LogP contribution >= 0.6 is 23.4 Å². The molecule has 1 saturated carbocycles. The molecule has 0 atom stereocenters. The minimum atomic E-state index is -0.639. The molecule has 1 fully saturated rings. The summed E-state index contributed by atoms with van der Waals surface area (Å²) in [5.41, 5.74) is 0.262. The largest absolute Gasteiger partial charge is 0.494 e. The van der Waals surface area contributed by atoms with Crippen LogP contribution in [0.4, 0.5) is 0 Å². The third-order valence-electron chi connectivity index (χ3n) is 2.69. The molecule has 0 saturated heterocycles. The van der Waals surface area contributed by atoms with Gasteiger partial charge in [0, 0.05) is 0 Å². The molecule has 82 valence electrons. The molecule has 2 rings (SSSR count). The molecule has 1 N–H and O–H groups in total. The van der Waals surface area contributed by atoms with Gasteiger partial charge in [-0.25, -0.2) is 0 Å². The predicted octanol–water partition coefficient (Wildman–Crippen LogP) is 3.05. The van der Waals surface area contributed by atoms with E-state index in [1.807, 2.05) is 12.3 Å². The monoisotopic (exact) mass is 244 g/mol. The number of hydrogen-bond acceptors (Lipinski definition) is 3. The van der Waals surface area contributed by atoms with E-state index in [0.717, 1.165) is 23.3 Å². The second kappa shape index (κ2) is 3.89. The standard InChI is InChI=1S/C11H13ClO2S/c1-14-10-8(12)5-7(6-9(10)15-2)11(13)3-4-11/h5-6,13H,3-4H2,1-2H3. The summed E-state index contributed by atoms with van der Waals surface area (Å²) in [6.07, 6.45) is 3.61. The molecular weight excluding hydrogens is 232 g/mol. The minimum Gasteiger partial charge on any atom is -0.494 e. The normalized spacial score (nSPS) is 17.6. The van der Waals surface area contributed by atoms with Gasteiger partial charge >= 0.3 is 0 Å². The molecule has 0 amide bonds. The van der Waals surface area contributed by atoms with Crippen molar-refractivity contribution in [2.75, 3.05) is 13.4 Å². The van der Waals surface area contributed by atoms with E-state index in [-0.39, 0.29) is 0 Å². The molecule has 1 aliphatic carbocycles. The molecule has 0 bridgehead atoms. The quantitative estimate of drug-likeness (QED) is 0.829. The van der Waals surface area contributed by atoms with Crippen molar-refractivity contribution in [3.05, 3.63) is 22.7 Å². The fourth-order valence-electron chi connectivity index (χ4n) is 1.59. The van der Waals surface area contributed by atoms with Gasteiger partial charge in [0.25, 0.3) is 0 Å². The smallest absolute Gasteiger partial charge is 0.150 e. The molecule has 2 nitrogen and oxygen atoms in total. The Labute approximate surface area is 98.6 Å². The lowest BCUT2D eigenvalue weighted by Gasteiger charge is -2.14. The third kappa shape index (κ3) is 1.96. The van der Waals surface area contributed by atoms with Crippen molar-refractivity contribution in [2.24, 2.45) is 0 Å². The van der Waals surface area contributed by atoms with Crippen LogP contribution in [-0.4, -0.2) is 18.5 Å². The van der Waals surface area contributed by atoms with Gasteiger partial charge in [-0.15, -0.1) is 11.8 Å². The Bertz CT molecular complexity index is 388. The molecule has 4 heteroatoms. The summed E-state index contributed by atoms with van der Waals surface area (Å²) in [6.45, 7) is 0. The van der Waals surface area contributed by atoms with Gasteiger partial charge in [0.15, 0.2) is 5.75 Å². The van der Waals surface area contributed by atoms with E-state index in [1.165, 1.54) is 0 Å². The second-order valence-electron chi connectivity index (χ2n) is 3.73. The van der Waals surface area contributed by atoms with Crippen LogP contribution in [0.2, 0.25) is 5.02 Å². The zero-order valence-electron chi connectivity index (χ0n) is 8.71. The molecule has 0 heterocycles. The van der Waals surface area contributed by atoms with Crippen LogP contribution in [0.5, 0.6) is 5.75 Å². The van der Waals surface area contributed by atoms with Crippen molar-refractivity contribution in [1.82, 2.24) is 0 Å². The number of halogens is 1. The van der Waals surface area contributed by atoms with Crippen LogP contribution in [0.15, 0.2) is 17.0 Å². The Morgan fingerprint density at radius 1 is 1.47 bits per heavy atom. The van der Waals surface area contributed by atoms with Crippen molar-refractivity contribution in [3.8, 4) is 5.75 Å². The molecule has 1 aliphatic rings. The first kappa shape index (κ1) is 11.1. The molecular formula is C11H13ClO2S. The summed E-state index contributed by atoms with van der Waals surface area (Å²) in [6, 6.07) is 3.76. The van der Waals surface area contributed by atoms with E-state index < -0.39 is 5.60 Å². The highest BCUT2D eigenvalue weighted by molar-refractivity contribution is 7.98. The number of rotatable bonds is 3. The maximum atomic E-state index is 10.00. The Morgan fingerprint density at radius 2 is 2.13 bits per heavy atom. The molecule has 0 aliphatic heterocycles. The van der Waals surface area contributed by atoms with Gasteiger partial charge in [0.2, 0.25) is 0 Å². The average Bonchev–Trinajstić information content (AvgIpc) is 2.96. The van der Waals surface area contributed by atoms with E-state index in [0.29, 0.717) is 10.8 Å². The molecule has 0 aromatic heterocycles. The highest BCUT2D eigenvalue weighted by Gasteiger charge is 2.42. The Balaban J connectivity index is 2.48. The first-order chi connectivity index (χ1) is 7.10. The lowest BCUT2D eigenvalue weighted by molar-refractivity contribution is 0.151. The van der Waals surface area contributed by atoms with E-state index >= 15 is 0 Å². The number of benzene rings is 1. The van der Waals surface area contributed by atoms with Gasteiger partial charge < -0.3 is 9.84 Å². The maximum absolute atomic E-state index is 10.00. The molecule has 1 aromatic carbocycles. The molecule has 15 heavy (non-hydrogen) atoms. The van der Waals surface area contributed by atoms with Gasteiger partial charge in [-0.2, -0.15) is 0 Å². The number of hydrogen-bond donors (Lipinski definition) is 1. The fourth-order valence-corrected chi connectivity index (χ4v) is 2.57. The molecule has 0 unspecified atom stereocenters. The Kier molecular flexibility index (Phi) is 2.88. The fraction of sp³-hybridized carbons (Fsp3) is 0.455. The molecule has 1 aromatic rings. The number of ether oxygens (including phenoxy) is 1. The van der Waals surface area contributed by atoms with Gasteiger partial charge in [-0.1, -0.05) is 11.6 Å². The first-order valence-corrected chi connectivity index (χ1v) is 6.35. The predicted molar refractivity (Wildman–Crippen MR) is 62.9 cm³/mol. The van der Waals surface area contributed by atoms with Crippen LogP contribution in [-0.2, 0) is 5.60 Å². The summed E-state index contributed by atoms with van der Waals surface area (Å²) >= 11 is 7.67. The van der Waals surface area contributed by atoms with Crippen molar-refractivity contribution in [2.45, 2.75) is 23.3 Å². The van der Waals surface area contributed by atoms with Crippen LogP contribution < -0.4 is 4.74 Å². The van der Waals surface area contributed by atoms with Gasteiger partial charge in [-0.05, 0) is 36.8 Å². The average molecular weight is 245 g/mol. The lowest BCUT2D eigenvalue weighted by Crippen LogP contribution is -2.04. The number of aliphatic hydroxyl groups is 1. The van der Waals surface area contributed by atoms with Crippen molar-refractivity contribution in [1.29, 1.82) is 0 Å². The maximum Gasteiger partial charge on any atom is 0.150 e. The van der Waals surface area contributed by atoms with Crippen LogP contribution in [0.1, 0.15) is 18.4 Å². The molecule has 0 radical (unpaired) electrons. The first-order valence-electron chi connectivity index (χ1n) is 4.75. The zero-order valence-corrected chi connectivity index (χ0v) is 10.3. The summed E-state index contributed by atoms with van der Waals surface area (Å²) in [5, 5.41) is 10.6. The zero-order chi connectivity index (χ0) is 11.1. The highest BCUT2D eigenvalue weighted by atomic mass is 35.5. The topological polar surface area (TPSA) is 29.5 Å². The van der Waals surface area contributed by atoms with E-state index in [1.54, 1.807) is 24.9 Å². The third-order valence-corrected chi connectivity index (χ3v) is 3.72. The lowest BCUT2D eigenvalue weighted by atomic mass is 10.1.